The predicted molar refractivity (Wildman–Crippen MR) is 55.0 cm³/mol. The third kappa shape index (κ3) is 2.30. The van der Waals surface area contributed by atoms with Crippen LogP contribution in [0, 0.1) is 5.92 Å². The molecule has 13 heavy (non-hydrogen) atoms. The zero-order chi connectivity index (χ0) is 9.26. The van der Waals surface area contributed by atoms with Gasteiger partial charge >= 0.3 is 0 Å². The molecule has 1 saturated heterocycles. The smallest absolute Gasteiger partial charge is 0.0363 e. The average Bonchev–Trinajstić information content (AvgIpc) is 2.93. The Hall–Kier alpha value is 0.0700. The van der Waals surface area contributed by atoms with Crippen LogP contribution in [0.3, 0.4) is 0 Å². The van der Waals surface area contributed by atoms with Gasteiger partial charge in [-0.3, -0.25) is 9.11 Å². The third-order valence-electron chi connectivity index (χ3n) is 3.09. The number of nitrogens with two attached hydrogens (primary N) is 1. The van der Waals surface area contributed by atoms with Gasteiger partial charge in [0.25, 0.3) is 0 Å². The second-order valence-corrected chi connectivity index (χ2v) is 5.72. The van der Waals surface area contributed by atoms with Crippen molar-refractivity contribution in [2.45, 2.75) is 18.9 Å². The van der Waals surface area contributed by atoms with Crippen LogP contribution < -0.4 is 5.73 Å². The van der Waals surface area contributed by atoms with Crippen molar-refractivity contribution < 1.29 is 4.21 Å². The lowest BCUT2D eigenvalue weighted by Crippen LogP contribution is -2.48. The minimum absolute atomic E-state index is 0.555. The van der Waals surface area contributed by atoms with Crippen LogP contribution in [0.4, 0.5) is 0 Å². The van der Waals surface area contributed by atoms with Crippen molar-refractivity contribution in [3.8, 4) is 0 Å². The fourth-order valence-corrected chi connectivity index (χ4v) is 3.18. The van der Waals surface area contributed by atoms with E-state index in [1.165, 1.54) is 12.8 Å². The largest absolute Gasteiger partial charge is 0.329 e. The quantitative estimate of drug-likeness (QED) is 0.689. The molecular formula is C9H18N2OS. The molecule has 2 fully saturated rings. The maximum absolute atomic E-state index is 11.2. The molecule has 0 radical (unpaired) electrons. The molecule has 0 amide bonds. The Morgan fingerprint density at radius 2 is 2.00 bits per heavy atom. The summed E-state index contributed by atoms with van der Waals surface area (Å²) in [5, 5.41) is 0. The lowest BCUT2D eigenvalue weighted by molar-refractivity contribution is 0.198. The predicted octanol–water partition coefficient (Wildman–Crippen LogP) is -0.212. The fourth-order valence-electron chi connectivity index (χ4n) is 2.10. The summed E-state index contributed by atoms with van der Waals surface area (Å²) in [6, 6.07) is 0.581. The summed E-state index contributed by atoms with van der Waals surface area (Å²) >= 11 is 0. The minimum Gasteiger partial charge on any atom is -0.329 e. The molecule has 76 valence electrons. The molecule has 2 N–H and O–H groups in total. The van der Waals surface area contributed by atoms with Gasteiger partial charge in [-0.05, 0) is 18.8 Å². The Labute approximate surface area is 82.1 Å². The molecule has 0 aromatic heterocycles. The molecule has 2 rings (SSSR count). The van der Waals surface area contributed by atoms with Crippen molar-refractivity contribution in [2.24, 2.45) is 11.7 Å². The first-order chi connectivity index (χ1) is 6.31. The Kier molecular flexibility index (Phi) is 3.01. The van der Waals surface area contributed by atoms with E-state index in [-0.39, 0.29) is 0 Å². The van der Waals surface area contributed by atoms with E-state index in [0.717, 1.165) is 37.1 Å². The Morgan fingerprint density at radius 1 is 1.38 bits per heavy atom. The number of nitrogens with zero attached hydrogens (tertiary/aromatic N) is 1. The monoisotopic (exact) mass is 202 g/mol. The van der Waals surface area contributed by atoms with Crippen molar-refractivity contribution in [1.82, 2.24) is 4.90 Å². The van der Waals surface area contributed by atoms with Crippen LogP contribution in [0.25, 0.3) is 0 Å². The van der Waals surface area contributed by atoms with Gasteiger partial charge in [0.2, 0.25) is 0 Å². The van der Waals surface area contributed by atoms with Gasteiger partial charge in [-0.15, -0.1) is 0 Å². The van der Waals surface area contributed by atoms with Crippen LogP contribution in [0.5, 0.6) is 0 Å². The Bertz CT molecular complexity index is 196. The van der Waals surface area contributed by atoms with Crippen molar-refractivity contribution >= 4 is 10.8 Å². The average molecular weight is 202 g/mol. The molecule has 1 saturated carbocycles. The Balaban J connectivity index is 1.87. The van der Waals surface area contributed by atoms with E-state index >= 15 is 0 Å². The second kappa shape index (κ2) is 4.07. The van der Waals surface area contributed by atoms with Crippen LogP contribution in [0.1, 0.15) is 12.8 Å². The standard InChI is InChI=1S/C9H18N2OS/c10-7-9(8-1-2-8)11-3-5-13(12)6-4-11/h8-9H,1-7,10H2. The van der Waals surface area contributed by atoms with E-state index in [4.69, 9.17) is 5.73 Å². The number of hydrogen-bond donors (Lipinski definition) is 1. The molecule has 1 unspecified atom stereocenters. The molecular weight excluding hydrogens is 184 g/mol. The zero-order valence-electron chi connectivity index (χ0n) is 7.95. The summed E-state index contributed by atoms with van der Waals surface area (Å²) < 4.78 is 11.2. The molecule has 0 spiro atoms. The van der Waals surface area contributed by atoms with E-state index in [1.807, 2.05) is 0 Å². The van der Waals surface area contributed by atoms with E-state index in [1.54, 1.807) is 0 Å². The van der Waals surface area contributed by atoms with E-state index in [0.29, 0.717) is 6.04 Å². The maximum atomic E-state index is 11.2. The molecule has 1 aliphatic carbocycles. The normalized spacial score (nSPS) is 29.0. The first kappa shape index (κ1) is 9.62. The van der Waals surface area contributed by atoms with Gasteiger partial charge in [-0.25, -0.2) is 0 Å². The second-order valence-electron chi connectivity index (χ2n) is 4.02. The van der Waals surface area contributed by atoms with Gasteiger partial charge in [0, 0.05) is 48.0 Å². The van der Waals surface area contributed by atoms with Crippen LogP contribution in [-0.4, -0.2) is 46.3 Å². The molecule has 1 heterocycles. The highest BCUT2D eigenvalue weighted by molar-refractivity contribution is 7.85. The molecule has 3 nitrogen and oxygen atoms in total. The SMILES string of the molecule is NCC(C1CC1)N1CCS(=O)CC1. The summed E-state index contributed by atoms with van der Waals surface area (Å²) in [6.45, 7) is 2.76. The van der Waals surface area contributed by atoms with Gasteiger partial charge in [0.1, 0.15) is 0 Å². The third-order valence-corrected chi connectivity index (χ3v) is 4.36. The first-order valence-corrected chi connectivity index (χ1v) is 6.59. The number of hydrogen-bond acceptors (Lipinski definition) is 3. The van der Waals surface area contributed by atoms with Crippen LogP contribution in [-0.2, 0) is 10.8 Å². The molecule has 1 aliphatic heterocycles. The van der Waals surface area contributed by atoms with Gasteiger partial charge < -0.3 is 5.73 Å². The topological polar surface area (TPSA) is 46.3 Å². The molecule has 0 bridgehead atoms. The van der Waals surface area contributed by atoms with E-state index < -0.39 is 10.8 Å². The summed E-state index contributed by atoms with van der Waals surface area (Å²) in [4.78, 5) is 2.44. The molecule has 0 aromatic carbocycles. The zero-order valence-corrected chi connectivity index (χ0v) is 8.76. The van der Waals surface area contributed by atoms with Crippen LogP contribution in [0.2, 0.25) is 0 Å². The first-order valence-electron chi connectivity index (χ1n) is 5.10. The van der Waals surface area contributed by atoms with E-state index in [9.17, 15) is 4.21 Å². The van der Waals surface area contributed by atoms with Crippen molar-refractivity contribution in [3.05, 3.63) is 0 Å². The molecule has 4 heteroatoms. The number of rotatable bonds is 3. The van der Waals surface area contributed by atoms with Gasteiger partial charge in [0.15, 0.2) is 0 Å². The van der Waals surface area contributed by atoms with Gasteiger partial charge in [-0.2, -0.15) is 0 Å². The van der Waals surface area contributed by atoms with E-state index in [2.05, 4.69) is 4.90 Å². The maximum Gasteiger partial charge on any atom is 0.0363 e. The van der Waals surface area contributed by atoms with Crippen LogP contribution in [0.15, 0.2) is 0 Å². The highest BCUT2D eigenvalue weighted by Gasteiger charge is 2.35. The highest BCUT2D eigenvalue weighted by atomic mass is 32.2. The van der Waals surface area contributed by atoms with Gasteiger partial charge in [-0.1, -0.05) is 0 Å². The Morgan fingerprint density at radius 3 is 2.46 bits per heavy atom. The van der Waals surface area contributed by atoms with Crippen molar-refractivity contribution in [1.29, 1.82) is 0 Å². The van der Waals surface area contributed by atoms with Crippen molar-refractivity contribution in [2.75, 3.05) is 31.1 Å². The molecule has 1 atom stereocenters. The lowest BCUT2D eigenvalue weighted by Gasteiger charge is -2.33. The van der Waals surface area contributed by atoms with Gasteiger partial charge in [0.05, 0.1) is 0 Å². The summed E-state index contributed by atoms with van der Waals surface area (Å²) in [7, 11) is -0.555. The molecule has 2 aliphatic rings. The summed E-state index contributed by atoms with van der Waals surface area (Å²) in [5.74, 6) is 2.54. The fraction of sp³-hybridized carbons (Fsp3) is 1.00. The minimum atomic E-state index is -0.555. The highest BCUT2D eigenvalue weighted by Crippen LogP contribution is 2.35. The van der Waals surface area contributed by atoms with Crippen LogP contribution >= 0.6 is 0 Å². The summed E-state index contributed by atoms with van der Waals surface area (Å²) in [5.41, 5.74) is 5.76. The molecule has 0 aromatic rings. The summed E-state index contributed by atoms with van der Waals surface area (Å²) in [6.07, 6.45) is 2.70. The lowest BCUT2D eigenvalue weighted by atomic mass is 10.1. The van der Waals surface area contributed by atoms with Crippen molar-refractivity contribution in [3.63, 3.8) is 0 Å².